The second-order valence-corrected chi connectivity index (χ2v) is 7.81. The van der Waals surface area contributed by atoms with Crippen LogP contribution in [0, 0.1) is 6.92 Å². The van der Waals surface area contributed by atoms with Gasteiger partial charge in [-0.05, 0) is 23.6 Å². The lowest BCUT2D eigenvalue weighted by Crippen LogP contribution is -3.28. The summed E-state index contributed by atoms with van der Waals surface area (Å²) < 4.78 is 6.26. The number of quaternary nitrogens is 2. The van der Waals surface area contributed by atoms with E-state index in [1.165, 1.54) is 15.4 Å². The lowest BCUT2D eigenvalue weighted by atomic mass is 9.97. The molecule has 1 saturated heterocycles. The highest BCUT2D eigenvalue weighted by atomic mass is 16.5. The first kappa shape index (κ1) is 21.0. The zero-order valence-corrected chi connectivity index (χ0v) is 16.8. The third kappa shape index (κ3) is 5.87. The predicted octanol–water partition coefficient (Wildman–Crippen LogP) is -0.762. The van der Waals surface area contributed by atoms with Gasteiger partial charge in [-0.1, -0.05) is 54.6 Å². The van der Waals surface area contributed by atoms with Gasteiger partial charge in [-0.15, -0.1) is 0 Å². The van der Waals surface area contributed by atoms with Crippen LogP contribution in [0.1, 0.15) is 22.8 Å². The Bertz CT molecular complexity index is 702. The smallest absolute Gasteiger partial charge is 0.127 e. The van der Waals surface area contributed by atoms with E-state index in [0.717, 1.165) is 43.9 Å². The zero-order valence-electron chi connectivity index (χ0n) is 16.8. The molecule has 0 radical (unpaired) electrons. The van der Waals surface area contributed by atoms with Gasteiger partial charge in [0.25, 0.3) is 0 Å². The fraction of sp³-hybridized carbons (Fsp3) is 0.478. The van der Waals surface area contributed by atoms with Crippen molar-refractivity contribution in [2.45, 2.75) is 19.1 Å². The zero-order chi connectivity index (χ0) is 19.8. The molecular weight excluding hydrogens is 352 g/mol. The average Bonchev–Trinajstić information content (AvgIpc) is 2.72. The number of benzene rings is 2. The summed E-state index contributed by atoms with van der Waals surface area (Å²) >= 11 is 0. The van der Waals surface area contributed by atoms with Gasteiger partial charge in [0, 0.05) is 0 Å². The minimum Gasteiger partial charge on any atom is -0.391 e. The van der Waals surface area contributed by atoms with Crippen molar-refractivity contribution in [1.29, 1.82) is 0 Å². The van der Waals surface area contributed by atoms with E-state index in [4.69, 9.17) is 9.84 Å². The molecule has 2 aromatic rings. The van der Waals surface area contributed by atoms with E-state index in [0.29, 0.717) is 13.2 Å². The molecule has 2 aromatic carbocycles. The summed E-state index contributed by atoms with van der Waals surface area (Å²) in [6, 6.07) is 18.5. The van der Waals surface area contributed by atoms with Crippen LogP contribution in [0.3, 0.4) is 0 Å². The molecule has 5 nitrogen and oxygen atoms in total. The molecule has 152 valence electrons. The average molecular weight is 387 g/mol. The van der Waals surface area contributed by atoms with E-state index >= 15 is 0 Å². The summed E-state index contributed by atoms with van der Waals surface area (Å²) in [6.07, 6.45) is -0.650. The Hall–Kier alpha value is -1.76. The Morgan fingerprint density at radius 1 is 0.929 bits per heavy atom. The number of piperazine rings is 1. The highest BCUT2D eigenvalue weighted by Crippen LogP contribution is 2.28. The molecular formula is C23H34N2O3+2. The Morgan fingerprint density at radius 3 is 2.25 bits per heavy atom. The van der Waals surface area contributed by atoms with Crippen LogP contribution < -0.4 is 9.80 Å². The molecule has 0 unspecified atom stereocenters. The topological polar surface area (TPSA) is 58.6 Å². The maximum absolute atomic E-state index is 10.6. The van der Waals surface area contributed by atoms with E-state index in [1.807, 2.05) is 30.3 Å². The van der Waals surface area contributed by atoms with E-state index in [9.17, 15) is 5.11 Å². The van der Waals surface area contributed by atoms with Crippen molar-refractivity contribution in [1.82, 2.24) is 0 Å². The number of rotatable bonds is 9. The SMILES string of the molecule is Cc1ccccc1[C@H](OC[C@@H](O)C[NH+]1CC[NH+](CCO)CC1)c1ccccc1. The maximum atomic E-state index is 10.6. The number of aryl methyl sites for hydroxylation is 1. The second-order valence-electron chi connectivity index (χ2n) is 7.81. The van der Waals surface area contributed by atoms with E-state index in [2.05, 4.69) is 31.2 Å². The molecule has 0 saturated carbocycles. The Labute approximate surface area is 168 Å². The second kappa shape index (κ2) is 10.7. The standard InChI is InChI=1S/C23H32N2O3/c1-19-7-5-6-10-22(19)23(20-8-3-2-4-9-20)28-18-21(27)17-25-13-11-24(12-14-25)15-16-26/h2-10,21,23,26-27H,11-18H2,1H3/p+2/t21-,23+/m0/s1. The third-order valence-electron chi connectivity index (χ3n) is 5.68. The summed E-state index contributed by atoms with van der Waals surface area (Å²) in [7, 11) is 0. The van der Waals surface area contributed by atoms with Crippen LogP contribution in [0.25, 0.3) is 0 Å². The van der Waals surface area contributed by atoms with Crippen LogP contribution >= 0.6 is 0 Å². The van der Waals surface area contributed by atoms with Crippen molar-refractivity contribution >= 4 is 0 Å². The molecule has 0 aromatic heterocycles. The Kier molecular flexibility index (Phi) is 8.01. The van der Waals surface area contributed by atoms with Crippen LogP contribution in [-0.2, 0) is 4.74 Å². The molecule has 28 heavy (non-hydrogen) atoms. The number of ether oxygens (including phenoxy) is 1. The number of nitrogens with one attached hydrogen (secondary N) is 2. The number of aliphatic hydroxyl groups is 2. The molecule has 1 aliphatic rings. The number of hydrogen-bond donors (Lipinski definition) is 4. The fourth-order valence-corrected chi connectivity index (χ4v) is 4.04. The lowest BCUT2D eigenvalue weighted by Gasteiger charge is -2.30. The van der Waals surface area contributed by atoms with Crippen LogP contribution in [0.2, 0.25) is 0 Å². The Balaban J connectivity index is 1.57. The molecule has 2 atom stereocenters. The van der Waals surface area contributed by atoms with E-state index in [1.54, 1.807) is 0 Å². The number of hydrogen-bond acceptors (Lipinski definition) is 3. The number of aliphatic hydroxyl groups excluding tert-OH is 2. The van der Waals surface area contributed by atoms with Crippen molar-refractivity contribution in [2.24, 2.45) is 0 Å². The molecule has 5 heteroatoms. The van der Waals surface area contributed by atoms with Gasteiger partial charge in [-0.2, -0.15) is 0 Å². The molecule has 0 bridgehead atoms. The lowest BCUT2D eigenvalue weighted by molar-refractivity contribution is -1.01. The normalized spacial score (nSPS) is 22.0. The van der Waals surface area contributed by atoms with E-state index < -0.39 is 6.10 Å². The summed E-state index contributed by atoms with van der Waals surface area (Å²) in [6.45, 7) is 8.39. The summed E-state index contributed by atoms with van der Waals surface area (Å²) in [4.78, 5) is 2.88. The molecule has 0 aliphatic carbocycles. The van der Waals surface area contributed by atoms with Gasteiger partial charge in [-0.25, -0.2) is 0 Å². The third-order valence-corrected chi connectivity index (χ3v) is 5.68. The van der Waals surface area contributed by atoms with Gasteiger partial charge in [0.1, 0.15) is 51.5 Å². The maximum Gasteiger partial charge on any atom is 0.127 e. The summed E-state index contributed by atoms with van der Waals surface area (Å²) in [5.41, 5.74) is 3.45. The van der Waals surface area contributed by atoms with Gasteiger partial charge in [0.15, 0.2) is 0 Å². The molecule has 0 amide bonds. The largest absolute Gasteiger partial charge is 0.391 e. The van der Waals surface area contributed by atoms with Gasteiger partial charge >= 0.3 is 0 Å². The van der Waals surface area contributed by atoms with Crippen molar-refractivity contribution in [3.05, 3.63) is 71.3 Å². The van der Waals surface area contributed by atoms with Crippen LogP contribution in [0.4, 0.5) is 0 Å². The van der Waals surface area contributed by atoms with Gasteiger partial charge < -0.3 is 24.7 Å². The van der Waals surface area contributed by atoms with Crippen molar-refractivity contribution in [3.8, 4) is 0 Å². The van der Waals surface area contributed by atoms with Crippen molar-refractivity contribution in [3.63, 3.8) is 0 Å². The van der Waals surface area contributed by atoms with Gasteiger partial charge in [0.05, 0.1) is 13.2 Å². The van der Waals surface area contributed by atoms with Crippen molar-refractivity contribution in [2.75, 3.05) is 52.5 Å². The highest BCUT2D eigenvalue weighted by Gasteiger charge is 2.25. The molecule has 1 aliphatic heterocycles. The van der Waals surface area contributed by atoms with Crippen LogP contribution in [0.15, 0.2) is 54.6 Å². The molecule has 4 N–H and O–H groups in total. The monoisotopic (exact) mass is 386 g/mol. The molecule has 1 fully saturated rings. The van der Waals surface area contributed by atoms with Crippen molar-refractivity contribution < 1.29 is 24.7 Å². The summed E-state index contributed by atoms with van der Waals surface area (Å²) in [5, 5.41) is 19.7. The predicted molar refractivity (Wildman–Crippen MR) is 110 cm³/mol. The highest BCUT2D eigenvalue weighted by molar-refractivity contribution is 5.35. The minimum absolute atomic E-state index is 0.169. The minimum atomic E-state index is -0.482. The Morgan fingerprint density at radius 2 is 1.57 bits per heavy atom. The summed E-state index contributed by atoms with van der Waals surface area (Å²) in [5.74, 6) is 0. The first-order valence-corrected chi connectivity index (χ1v) is 10.4. The van der Waals surface area contributed by atoms with Crippen LogP contribution in [-0.4, -0.2) is 68.8 Å². The molecule has 1 heterocycles. The first-order chi connectivity index (χ1) is 13.7. The fourth-order valence-electron chi connectivity index (χ4n) is 4.04. The van der Waals surface area contributed by atoms with Gasteiger partial charge in [0.2, 0.25) is 0 Å². The quantitative estimate of drug-likeness (QED) is 0.458. The first-order valence-electron chi connectivity index (χ1n) is 10.4. The molecule has 0 spiro atoms. The molecule has 3 rings (SSSR count). The van der Waals surface area contributed by atoms with Crippen LogP contribution in [0.5, 0.6) is 0 Å². The van der Waals surface area contributed by atoms with E-state index in [-0.39, 0.29) is 12.7 Å². The van der Waals surface area contributed by atoms with Gasteiger partial charge in [-0.3, -0.25) is 0 Å².